The maximum absolute atomic E-state index is 4.52. The highest BCUT2D eigenvalue weighted by atomic mass is 15.1. The first kappa shape index (κ1) is 12.8. The van der Waals surface area contributed by atoms with E-state index in [1.54, 1.807) is 0 Å². The summed E-state index contributed by atoms with van der Waals surface area (Å²) in [7, 11) is 0. The van der Waals surface area contributed by atoms with Gasteiger partial charge in [0.15, 0.2) is 0 Å². The molecular weight excluding hydrogens is 222 g/mol. The Morgan fingerprint density at radius 1 is 1.28 bits per heavy atom. The van der Waals surface area contributed by atoms with Crippen LogP contribution < -0.4 is 5.32 Å². The Morgan fingerprint density at radius 3 is 2.72 bits per heavy atom. The van der Waals surface area contributed by atoms with Gasteiger partial charge in [-0.15, -0.1) is 0 Å². The van der Waals surface area contributed by atoms with Crippen LogP contribution in [0.2, 0.25) is 0 Å². The minimum atomic E-state index is 0.172. The van der Waals surface area contributed by atoms with E-state index in [0.717, 1.165) is 18.9 Å². The van der Waals surface area contributed by atoms with Gasteiger partial charge in [0.05, 0.1) is 6.04 Å². The normalized spacial score (nSPS) is 12.6. The minimum Gasteiger partial charge on any atom is -0.334 e. The second-order valence-electron chi connectivity index (χ2n) is 4.42. The molecule has 1 aromatic heterocycles. The number of aryl methyl sites for hydroxylation is 2. The van der Waals surface area contributed by atoms with Crippen molar-refractivity contribution in [3.05, 3.63) is 53.6 Å². The van der Waals surface area contributed by atoms with Crippen LogP contribution in [0.3, 0.4) is 0 Å². The Balaban J connectivity index is 2.43. The van der Waals surface area contributed by atoms with Crippen molar-refractivity contribution in [3.63, 3.8) is 0 Å². The van der Waals surface area contributed by atoms with E-state index in [0.29, 0.717) is 0 Å². The zero-order valence-corrected chi connectivity index (χ0v) is 11.4. The van der Waals surface area contributed by atoms with E-state index >= 15 is 0 Å². The highest BCUT2D eigenvalue weighted by molar-refractivity contribution is 5.32. The van der Waals surface area contributed by atoms with Gasteiger partial charge in [-0.05, 0) is 31.5 Å². The van der Waals surface area contributed by atoms with Gasteiger partial charge in [0, 0.05) is 18.9 Å². The second kappa shape index (κ2) is 5.83. The fraction of sp³-hybridized carbons (Fsp3) is 0.400. The van der Waals surface area contributed by atoms with Crippen LogP contribution in [-0.4, -0.2) is 16.1 Å². The number of nitrogens with zero attached hydrogens (tertiary/aromatic N) is 2. The van der Waals surface area contributed by atoms with Gasteiger partial charge in [0.2, 0.25) is 0 Å². The molecule has 1 heterocycles. The van der Waals surface area contributed by atoms with Crippen molar-refractivity contribution in [2.75, 3.05) is 6.54 Å². The molecule has 1 aromatic carbocycles. The molecule has 0 amide bonds. The summed E-state index contributed by atoms with van der Waals surface area (Å²) in [5.41, 5.74) is 2.61. The molecule has 1 unspecified atom stereocenters. The molecule has 3 nitrogen and oxygen atoms in total. The molecule has 18 heavy (non-hydrogen) atoms. The van der Waals surface area contributed by atoms with Crippen LogP contribution in [0.25, 0.3) is 0 Å². The maximum atomic E-state index is 4.52. The fourth-order valence-electron chi connectivity index (χ4n) is 2.30. The Kier molecular flexibility index (Phi) is 4.15. The van der Waals surface area contributed by atoms with E-state index in [-0.39, 0.29) is 6.04 Å². The smallest absolute Gasteiger partial charge is 0.130 e. The van der Waals surface area contributed by atoms with Crippen molar-refractivity contribution in [2.45, 2.75) is 33.4 Å². The third-order valence-corrected chi connectivity index (χ3v) is 3.25. The number of rotatable bonds is 5. The Bertz CT molecular complexity index is 502. The lowest BCUT2D eigenvalue weighted by atomic mass is 10.0. The van der Waals surface area contributed by atoms with Gasteiger partial charge in [-0.3, -0.25) is 0 Å². The SMILES string of the molecule is CCNC(c1ccccc1C)c1nccn1CC. The molecule has 1 atom stereocenters. The van der Waals surface area contributed by atoms with Gasteiger partial charge in [-0.2, -0.15) is 0 Å². The number of nitrogens with one attached hydrogen (secondary N) is 1. The third-order valence-electron chi connectivity index (χ3n) is 3.25. The molecule has 0 aliphatic rings. The molecule has 2 aromatic rings. The summed E-state index contributed by atoms with van der Waals surface area (Å²) in [6.07, 6.45) is 3.92. The fourth-order valence-corrected chi connectivity index (χ4v) is 2.30. The summed E-state index contributed by atoms with van der Waals surface area (Å²) in [4.78, 5) is 4.52. The molecule has 96 valence electrons. The Labute approximate surface area is 109 Å². The van der Waals surface area contributed by atoms with Crippen molar-refractivity contribution < 1.29 is 0 Å². The van der Waals surface area contributed by atoms with E-state index in [1.807, 2.05) is 12.4 Å². The number of hydrogen-bond donors (Lipinski definition) is 1. The van der Waals surface area contributed by atoms with E-state index in [1.165, 1.54) is 11.1 Å². The highest BCUT2D eigenvalue weighted by Gasteiger charge is 2.18. The molecule has 0 aliphatic carbocycles. The van der Waals surface area contributed by atoms with Gasteiger partial charge in [-0.1, -0.05) is 31.2 Å². The maximum Gasteiger partial charge on any atom is 0.130 e. The van der Waals surface area contributed by atoms with Crippen LogP contribution in [0.1, 0.15) is 36.8 Å². The van der Waals surface area contributed by atoms with Crippen LogP contribution in [-0.2, 0) is 6.54 Å². The first-order chi connectivity index (χ1) is 8.77. The lowest BCUT2D eigenvalue weighted by Gasteiger charge is -2.20. The highest BCUT2D eigenvalue weighted by Crippen LogP contribution is 2.23. The molecular formula is C15H21N3. The quantitative estimate of drug-likeness (QED) is 0.875. The van der Waals surface area contributed by atoms with Crippen molar-refractivity contribution in [3.8, 4) is 0 Å². The van der Waals surface area contributed by atoms with E-state index in [9.17, 15) is 0 Å². The van der Waals surface area contributed by atoms with Crippen LogP contribution >= 0.6 is 0 Å². The van der Waals surface area contributed by atoms with Gasteiger partial charge >= 0.3 is 0 Å². The van der Waals surface area contributed by atoms with Crippen LogP contribution in [0.5, 0.6) is 0 Å². The van der Waals surface area contributed by atoms with Gasteiger partial charge < -0.3 is 9.88 Å². The van der Waals surface area contributed by atoms with Gasteiger partial charge in [0.25, 0.3) is 0 Å². The van der Waals surface area contributed by atoms with Crippen molar-refractivity contribution >= 4 is 0 Å². The summed E-state index contributed by atoms with van der Waals surface area (Å²) in [5, 5.41) is 3.53. The molecule has 0 aliphatic heterocycles. The molecule has 0 fully saturated rings. The van der Waals surface area contributed by atoms with Crippen molar-refractivity contribution in [1.82, 2.24) is 14.9 Å². The number of benzene rings is 1. The van der Waals surface area contributed by atoms with Gasteiger partial charge in [-0.25, -0.2) is 4.98 Å². The van der Waals surface area contributed by atoms with Crippen molar-refractivity contribution in [2.24, 2.45) is 0 Å². The topological polar surface area (TPSA) is 29.9 Å². The average Bonchev–Trinajstić information content (AvgIpc) is 2.85. The molecule has 0 bridgehead atoms. The summed E-state index contributed by atoms with van der Waals surface area (Å²) in [6, 6.07) is 8.67. The number of hydrogen-bond acceptors (Lipinski definition) is 2. The Morgan fingerprint density at radius 2 is 2.06 bits per heavy atom. The standard InChI is InChI=1S/C15H21N3/c1-4-16-14(13-9-7-6-8-12(13)3)15-17-10-11-18(15)5-2/h6-11,14,16H,4-5H2,1-3H3. The predicted molar refractivity (Wildman–Crippen MR) is 74.6 cm³/mol. The molecule has 1 N–H and O–H groups in total. The molecule has 0 saturated carbocycles. The minimum absolute atomic E-state index is 0.172. The number of imidazole rings is 1. The van der Waals surface area contributed by atoms with E-state index in [2.05, 4.69) is 59.9 Å². The average molecular weight is 243 g/mol. The Hall–Kier alpha value is -1.61. The summed E-state index contributed by atoms with van der Waals surface area (Å²) < 4.78 is 2.19. The van der Waals surface area contributed by atoms with Gasteiger partial charge in [0.1, 0.15) is 5.82 Å². The lowest BCUT2D eigenvalue weighted by molar-refractivity contribution is 0.557. The molecule has 0 radical (unpaired) electrons. The molecule has 0 saturated heterocycles. The zero-order valence-electron chi connectivity index (χ0n) is 11.4. The number of aromatic nitrogens is 2. The monoisotopic (exact) mass is 243 g/mol. The molecule has 3 heteroatoms. The molecule has 0 spiro atoms. The van der Waals surface area contributed by atoms with Crippen LogP contribution in [0, 0.1) is 6.92 Å². The predicted octanol–water partition coefficient (Wildman–Crippen LogP) is 2.91. The first-order valence-electron chi connectivity index (χ1n) is 6.57. The van der Waals surface area contributed by atoms with Crippen LogP contribution in [0.15, 0.2) is 36.7 Å². The first-order valence-corrected chi connectivity index (χ1v) is 6.57. The largest absolute Gasteiger partial charge is 0.334 e. The van der Waals surface area contributed by atoms with E-state index < -0.39 is 0 Å². The second-order valence-corrected chi connectivity index (χ2v) is 4.42. The summed E-state index contributed by atoms with van der Waals surface area (Å²) >= 11 is 0. The summed E-state index contributed by atoms with van der Waals surface area (Å²) in [6.45, 7) is 8.30. The van der Waals surface area contributed by atoms with Crippen LogP contribution in [0.4, 0.5) is 0 Å². The third kappa shape index (κ3) is 2.46. The molecule has 2 rings (SSSR count). The zero-order chi connectivity index (χ0) is 13.0. The van der Waals surface area contributed by atoms with E-state index in [4.69, 9.17) is 0 Å². The van der Waals surface area contributed by atoms with Crippen molar-refractivity contribution in [1.29, 1.82) is 0 Å². The lowest BCUT2D eigenvalue weighted by Crippen LogP contribution is -2.25. The summed E-state index contributed by atoms with van der Waals surface area (Å²) in [5.74, 6) is 1.09.